The Labute approximate surface area is 129 Å². The maximum atomic E-state index is 12.5. The summed E-state index contributed by atoms with van der Waals surface area (Å²) in [6.07, 6.45) is -4.39. The van der Waals surface area contributed by atoms with Crippen molar-refractivity contribution in [2.45, 2.75) is 6.18 Å². The molecule has 0 saturated carbocycles. The standard InChI is InChI=1S/C14H9ClF3NOS/c15-10-2-1-3-11(12(10)13(19)21)20-9-6-4-8(5-7-9)14(16,17)18/h1-7H,(H2,19,21). The summed E-state index contributed by atoms with van der Waals surface area (Å²) in [6.45, 7) is 0. The summed E-state index contributed by atoms with van der Waals surface area (Å²) in [7, 11) is 0. The zero-order valence-electron chi connectivity index (χ0n) is 10.4. The van der Waals surface area contributed by atoms with Crippen LogP contribution >= 0.6 is 23.8 Å². The van der Waals surface area contributed by atoms with E-state index in [9.17, 15) is 13.2 Å². The van der Waals surface area contributed by atoms with Crippen LogP contribution in [0.4, 0.5) is 13.2 Å². The minimum atomic E-state index is -4.39. The Balaban J connectivity index is 2.31. The molecule has 0 radical (unpaired) electrons. The molecule has 0 saturated heterocycles. The first kappa shape index (κ1) is 15.6. The molecule has 0 aromatic heterocycles. The molecule has 0 bridgehead atoms. The van der Waals surface area contributed by atoms with Crippen LogP contribution in [-0.4, -0.2) is 4.99 Å². The largest absolute Gasteiger partial charge is 0.457 e. The van der Waals surface area contributed by atoms with Gasteiger partial charge in [0.25, 0.3) is 0 Å². The zero-order valence-corrected chi connectivity index (χ0v) is 12.0. The van der Waals surface area contributed by atoms with Crippen LogP contribution < -0.4 is 10.5 Å². The van der Waals surface area contributed by atoms with Crippen LogP contribution in [0.15, 0.2) is 42.5 Å². The minimum Gasteiger partial charge on any atom is -0.457 e. The molecule has 2 nitrogen and oxygen atoms in total. The number of hydrogen-bond donors (Lipinski definition) is 1. The highest BCUT2D eigenvalue weighted by Crippen LogP contribution is 2.33. The van der Waals surface area contributed by atoms with Crippen LogP contribution in [0.2, 0.25) is 5.02 Å². The Morgan fingerprint density at radius 2 is 1.71 bits per heavy atom. The van der Waals surface area contributed by atoms with E-state index in [0.717, 1.165) is 12.1 Å². The first-order valence-corrected chi connectivity index (χ1v) is 6.51. The average molecular weight is 332 g/mol. The normalized spacial score (nSPS) is 11.2. The number of thiocarbonyl (C=S) groups is 1. The van der Waals surface area contributed by atoms with Gasteiger partial charge in [0, 0.05) is 0 Å². The molecule has 110 valence electrons. The van der Waals surface area contributed by atoms with Crippen LogP contribution in [-0.2, 0) is 6.18 Å². The number of halogens is 4. The van der Waals surface area contributed by atoms with E-state index < -0.39 is 11.7 Å². The molecule has 0 aliphatic rings. The monoisotopic (exact) mass is 331 g/mol. The third-order valence-electron chi connectivity index (χ3n) is 2.63. The predicted molar refractivity (Wildman–Crippen MR) is 78.9 cm³/mol. The second kappa shape index (κ2) is 5.91. The van der Waals surface area contributed by atoms with Crippen LogP contribution in [0.5, 0.6) is 11.5 Å². The van der Waals surface area contributed by atoms with Crippen molar-refractivity contribution in [1.82, 2.24) is 0 Å². The van der Waals surface area contributed by atoms with E-state index in [4.69, 9.17) is 34.3 Å². The van der Waals surface area contributed by atoms with E-state index >= 15 is 0 Å². The highest BCUT2D eigenvalue weighted by atomic mass is 35.5. The highest BCUT2D eigenvalue weighted by Gasteiger charge is 2.30. The second-order valence-corrected chi connectivity index (χ2v) is 4.95. The van der Waals surface area contributed by atoms with Gasteiger partial charge in [-0.15, -0.1) is 0 Å². The van der Waals surface area contributed by atoms with E-state index in [0.29, 0.717) is 10.6 Å². The van der Waals surface area contributed by atoms with Gasteiger partial charge < -0.3 is 10.5 Å². The van der Waals surface area contributed by atoms with Gasteiger partial charge in [-0.1, -0.05) is 29.9 Å². The van der Waals surface area contributed by atoms with Gasteiger partial charge in [0.1, 0.15) is 16.5 Å². The molecule has 0 spiro atoms. The van der Waals surface area contributed by atoms with Gasteiger partial charge in [-0.25, -0.2) is 0 Å². The van der Waals surface area contributed by atoms with Crippen molar-refractivity contribution in [1.29, 1.82) is 0 Å². The second-order valence-electron chi connectivity index (χ2n) is 4.10. The molecular weight excluding hydrogens is 323 g/mol. The SMILES string of the molecule is NC(=S)c1c(Cl)cccc1Oc1ccc(C(F)(F)F)cc1. The molecule has 2 rings (SSSR count). The van der Waals surface area contributed by atoms with E-state index in [1.807, 2.05) is 0 Å². The molecule has 0 aliphatic heterocycles. The van der Waals surface area contributed by atoms with E-state index in [1.165, 1.54) is 12.1 Å². The fraction of sp³-hybridized carbons (Fsp3) is 0.0714. The molecule has 0 aliphatic carbocycles. The van der Waals surface area contributed by atoms with Gasteiger partial charge in [-0.05, 0) is 36.4 Å². The Morgan fingerprint density at radius 3 is 2.24 bits per heavy atom. The summed E-state index contributed by atoms with van der Waals surface area (Å²) < 4.78 is 42.9. The first-order chi connectivity index (χ1) is 9.79. The maximum Gasteiger partial charge on any atom is 0.416 e. The lowest BCUT2D eigenvalue weighted by Gasteiger charge is -2.12. The Kier molecular flexibility index (Phi) is 4.39. The minimum absolute atomic E-state index is 0.0440. The highest BCUT2D eigenvalue weighted by molar-refractivity contribution is 7.80. The molecule has 2 N–H and O–H groups in total. The molecule has 0 unspecified atom stereocenters. The van der Waals surface area contributed by atoms with E-state index in [2.05, 4.69) is 0 Å². The first-order valence-electron chi connectivity index (χ1n) is 5.72. The van der Waals surface area contributed by atoms with Gasteiger partial charge in [-0.2, -0.15) is 13.2 Å². The van der Waals surface area contributed by atoms with Gasteiger partial charge in [0.05, 0.1) is 16.1 Å². The lowest BCUT2D eigenvalue weighted by molar-refractivity contribution is -0.137. The molecule has 21 heavy (non-hydrogen) atoms. The molecule has 2 aromatic carbocycles. The van der Waals surface area contributed by atoms with Crippen molar-refractivity contribution in [3.8, 4) is 11.5 Å². The van der Waals surface area contributed by atoms with Crippen LogP contribution in [0.1, 0.15) is 11.1 Å². The van der Waals surface area contributed by atoms with Crippen molar-refractivity contribution in [2.75, 3.05) is 0 Å². The topological polar surface area (TPSA) is 35.2 Å². The van der Waals surface area contributed by atoms with Crippen LogP contribution in [0.3, 0.4) is 0 Å². The number of hydrogen-bond acceptors (Lipinski definition) is 2. The van der Waals surface area contributed by atoms with Gasteiger partial charge in [0.2, 0.25) is 0 Å². The van der Waals surface area contributed by atoms with Gasteiger partial charge >= 0.3 is 6.18 Å². The number of rotatable bonds is 3. The molecule has 0 fully saturated rings. The Bertz CT molecular complexity index is 671. The molecule has 0 amide bonds. The number of alkyl halides is 3. The average Bonchev–Trinajstić information content (AvgIpc) is 2.38. The molecule has 7 heteroatoms. The van der Waals surface area contributed by atoms with Gasteiger partial charge in [-0.3, -0.25) is 0 Å². The quantitative estimate of drug-likeness (QED) is 0.822. The number of ether oxygens (including phenoxy) is 1. The van der Waals surface area contributed by atoms with Crippen molar-refractivity contribution in [3.63, 3.8) is 0 Å². The Morgan fingerprint density at radius 1 is 1.10 bits per heavy atom. The summed E-state index contributed by atoms with van der Waals surface area (Å²) in [6, 6.07) is 9.10. The molecule has 0 heterocycles. The summed E-state index contributed by atoms with van der Waals surface area (Å²) in [5, 5.41) is 0.312. The lowest BCUT2D eigenvalue weighted by atomic mass is 10.2. The number of benzene rings is 2. The summed E-state index contributed by atoms with van der Waals surface area (Å²) in [4.78, 5) is 0.0440. The maximum absolute atomic E-state index is 12.5. The van der Waals surface area contributed by atoms with Crippen molar-refractivity contribution < 1.29 is 17.9 Å². The fourth-order valence-corrected chi connectivity index (χ4v) is 2.20. The Hall–Kier alpha value is -1.79. The van der Waals surface area contributed by atoms with E-state index in [-0.39, 0.29) is 16.5 Å². The predicted octanol–water partition coefficient (Wildman–Crippen LogP) is 4.79. The molecular formula is C14H9ClF3NOS. The van der Waals surface area contributed by atoms with Crippen molar-refractivity contribution in [3.05, 3.63) is 58.6 Å². The van der Waals surface area contributed by atoms with Gasteiger partial charge in [0.15, 0.2) is 0 Å². The van der Waals surface area contributed by atoms with E-state index in [1.54, 1.807) is 18.2 Å². The fourth-order valence-electron chi connectivity index (χ4n) is 1.67. The summed E-state index contributed by atoms with van der Waals surface area (Å²) >= 11 is 10.9. The van der Waals surface area contributed by atoms with Crippen molar-refractivity contribution in [2.24, 2.45) is 5.73 Å². The third-order valence-corrected chi connectivity index (χ3v) is 3.15. The third kappa shape index (κ3) is 3.65. The molecule has 2 aromatic rings. The smallest absolute Gasteiger partial charge is 0.416 e. The van der Waals surface area contributed by atoms with Crippen molar-refractivity contribution >= 4 is 28.8 Å². The molecule has 0 atom stereocenters. The zero-order chi connectivity index (χ0) is 15.6. The summed E-state index contributed by atoms with van der Waals surface area (Å²) in [5.41, 5.74) is 5.16. The van der Waals surface area contributed by atoms with Crippen LogP contribution in [0.25, 0.3) is 0 Å². The van der Waals surface area contributed by atoms with Crippen LogP contribution in [0, 0.1) is 0 Å². The number of nitrogens with two attached hydrogens (primary N) is 1. The summed E-state index contributed by atoms with van der Waals surface area (Å²) in [5.74, 6) is 0.512. The lowest BCUT2D eigenvalue weighted by Crippen LogP contribution is -2.11.